The van der Waals surface area contributed by atoms with Gasteiger partial charge in [-0.1, -0.05) is 35.3 Å². The Morgan fingerprint density at radius 2 is 1.95 bits per heavy atom. The summed E-state index contributed by atoms with van der Waals surface area (Å²) in [5, 5.41) is 11.3. The number of rotatable bonds is 4. The maximum atomic E-state index is 11.9. The summed E-state index contributed by atoms with van der Waals surface area (Å²) in [5.74, 6) is -0.733. The van der Waals surface area contributed by atoms with Crippen LogP contribution < -0.4 is 0 Å². The predicted octanol–water partition coefficient (Wildman–Crippen LogP) is 4.26. The maximum absolute atomic E-state index is 11.9. The van der Waals surface area contributed by atoms with Gasteiger partial charge in [0.2, 0.25) is 0 Å². The van der Waals surface area contributed by atoms with E-state index < -0.39 is 10.9 Å². The monoisotopic (exact) mass is 325 g/mol. The fraction of sp³-hybridized carbons (Fsp3) is 0.0714. The second-order valence-corrected chi connectivity index (χ2v) is 4.97. The number of halogens is 2. The molecule has 0 aliphatic heterocycles. The summed E-state index contributed by atoms with van der Waals surface area (Å²) in [6.07, 6.45) is 0. The first-order chi connectivity index (χ1) is 9.97. The zero-order chi connectivity index (χ0) is 15.4. The van der Waals surface area contributed by atoms with Crippen LogP contribution in [0.2, 0.25) is 10.0 Å². The van der Waals surface area contributed by atoms with Crippen LogP contribution in [0.5, 0.6) is 0 Å². The molecule has 2 rings (SSSR count). The van der Waals surface area contributed by atoms with E-state index in [1.165, 1.54) is 12.1 Å². The fourth-order valence-corrected chi connectivity index (χ4v) is 2.04. The molecule has 0 radical (unpaired) electrons. The number of carbonyl (C=O) groups excluding carboxylic acids is 1. The molecule has 0 saturated carbocycles. The van der Waals surface area contributed by atoms with Gasteiger partial charge < -0.3 is 4.74 Å². The van der Waals surface area contributed by atoms with Crippen LogP contribution in [0.15, 0.2) is 42.5 Å². The number of benzene rings is 2. The van der Waals surface area contributed by atoms with E-state index >= 15 is 0 Å². The first kappa shape index (κ1) is 15.3. The molecule has 0 bridgehead atoms. The molecule has 2 aromatic carbocycles. The number of nitrogens with zero attached hydrogens (tertiary/aromatic N) is 1. The molecule has 0 aliphatic carbocycles. The lowest BCUT2D eigenvalue weighted by molar-refractivity contribution is -0.384. The van der Waals surface area contributed by atoms with E-state index in [2.05, 4.69) is 0 Å². The molecule has 2 aromatic rings. The third kappa shape index (κ3) is 3.93. The minimum absolute atomic E-state index is 0.00157. The highest BCUT2D eigenvalue weighted by Crippen LogP contribution is 2.23. The fourth-order valence-electron chi connectivity index (χ4n) is 1.64. The zero-order valence-electron chi connectivity index (χ0n) is 10.6. The van der Waals surface area contributed by atoms with Gasteiger partial charge in [-0.2, -0.15) is 0 Å². The molecule has 0 N–H and O–H groups in total. The van der Waals surface area contributed by atoms with E-state index in [4.69, 9.17) is 27.9 Å². The quantitative estimate of drug-likeness (QED) is 0.478. The molecule has 5 nitrogen and oxygen atoms in total. The number of nitro groups is 1. The molecule has 21 heavy (non-hydrogen) atoms. The summed E-state index contributed by atoms with van der Waals surface area (Å²) in [6.45, 7) is -0.00157. The van der Waals surface area contributed by atoms with E-state index in [0.717, 1.165) is 6.07 Å². The molecule has 7 heteroatoms. The van der Waals surface area contributed by atoms with Crippen LogP contribution in [0.4, 0.5) is 5.69 Å². The van der Waals surface area contributed by atoms with Crippen LogP contribution in [-0.2, 0) is 11.3 Å². The van der Waals surface area contributed by atoms with Crippen LogP contribution >= 0.6 is 23.2 Å². The van der Waals surface area contributed by atoms with Crippen molar-refractivity contribution in [3.05, 3.63) is 73.8 Å². The molecule has 108 valence electrons. The zero-order valence-corrected chi connectivity index (χ0v) is 12.1. The van der Waals surface area contributed by atoms with E-state index in [9.17, 15) is 14.9 Å². The number of ether oxygens (including phenoxy) is 1. The molecule has 0 atom stereocenters. The standard InChI is InChI=1S/C14H9Cl2NO4/c15-10-3-1-2-9(6-10)8-21-14(18)12-7-11(17(19)20)4-5-13(12)16/h1-7H,8H2. The highest BCUT2D eigenvalue weighted by Gasteiger charge is 2.17. The smallest absolute Gasteiger partial charge is 0.340 e. The van der Waals surface area contributed by atoms with Crippen molar-refractivity contribution in [3.8, 4) is 0 Å². The van der Waals surface area contributed by atoms with Crippen molar-refractivity contribution in [3.63, 3.8) is 0 Å². The third-order valence-corrected chi connectivity index (χ3v) is 3.20. The third-order valence-electron chi connectivity index (χ3n) is 2.64. The topological polar surface area (TPSA) is 69.4 Å². The minimum Gasteiger partial charge on any atom is -0.457 e. The van der Waals surface area contributed by atoms with Gasteiger partial charge in [-0.05, 0) is 23.8 Å². The Hall–Kier alpha value is -2.11. The van der Waals surface area contributed by atoms with Gasteiger partial charge in [-0.25, -0.2) is 4.79 Å². The van der Waals surface area contributed by atoms with E-state index in [1.807, 2.05) is 0 Å². The van der Waals surface area contributed by atoms with Gasteiger partial charge in [-0.3, -0.25) is 10.1 Å². The molecule has 0 amide bonds. The summed E-state index contributed by atoms with van der Waals surface area (Å²) >= 11 is 11.7. The average Bonchev–Trinajstić information content (AvgIpc) is 2.45. The molecular weight excluding hydrogens is 317 g/mol. The number of esters is 1. The number of nitro benzene ring substituents is 1. The number of hydrogen-bond donors (Lipinski definition) is 0. The van der Waals surface area contributed by atoms with Crippen LogP contribution in [0, 0.1) is 10.1 Å². The summed E-state index contributed by atoms with van der Waals surface area (Å²) in [4.78, 5) is 22.0. The number of non-ortho nitro benzene ring substituents is 1. The molecule has 0 unspecified atom stereocenters. The Morgan fingerprint density at radius 1 is 1.19 bits per heavy atom. The van der Waals surface area contributed by atoms with E-state index in [-0.39, 0.29) is 22.9 Å². The lowest BCUT2D eigenvalue weighted by Gasteiger charge is -2.06. The Bertz CT molecular complexity index is 703. The molecule has 0 spiro atoms. The Morgan fingerprint density at radius 3 is 2.62 bits per heavy atom. The second kappa shape index (κ2) is 6.56. The van der Waals surface area contributed by atoms with Crippen molar-refractivity contribution < 1.29 is 14.5 Å². The van der Waals surface area contributed by atoms with Crippen LogP contribution in [-0.4, -0.2) is 10.9 Å². The SMILES string of the molecule is O=C(OCc1cccc(Cl)c1)c1cc([N+](=O)[O-])ccc1Cl. The Balaban J connectivity index is 2.13. The van der Waals surface area contributed by atoms with Gasteiger partial charge in [-0.15, -0.1) is 0 Å². The summed E-state index contributed by atoms with van der Waals surface area (Å²) < 4.78 is 5.08. The minimum atomic E-state index is -0.733. The highest BCUT2D eigenvalue weighted by molar-refractivity contribution is 6.33. The van der Waals surface area contributed by atoms with Crippen LogP contribution in [0.1, 0.15) is 15.9 Å². The molecule has 0 aromatic heterocycles. The van der Waals surface area contributed by atoms with E-state index in [1.54, 1.807) is 24.3 Å². The molecule has 0 heterocycles. The maximum Gasteiger partial charge on any atom is 0.340 e. The molecule has 0 aliphatic rings. The van der Waals surface area contributed by atoms with Gasteiger partial charge in [0.05, 0.1) is 15.5 Å². The van der Waals surface area contributed by atoms with Crippen LogP contribution in [0.3, 0.4) is 0 Å². The molecule has 0 saturated heterocycles. The lowest BCUT2D eigenvalue weighted by atomic mass is 10.2. The average molecular weight is 326 g/mol. The Kier molecular flexibility index (Phi) is 4.77. The normalized spacial score (nSPS) is 10.2. The van der Waals surface area contributed by atoms with Crippen molar-refractivity contribution in [1.29, 1.82) is 0 Å². The predicted molar refractivity (Wildman–Crippen MR) is 78.7 cm³/mol. The number of carbonyl (C=O) groups is 1. The van der Waals surface area contributed by atoms with Crippen molar-refractivity contribution >= 4 is 34.9 Å². The second-order valence-electron chi connectivity index (χ2n) is 4.13. The van der Waals surface area contributed by atoms with Gasteiger partial charge in [0.25, 0.3) is 5.69 Å². The summed E-state index contributed by atoms with van der Waals surface area (Å²) in [6, 6.07) is 10.4. The Labute approximate surface area is 130 Å². The van der Waals surface area contributed by atoms with Crippen molar-refractivity contribution in [2.24, 2.45) is 0 Å². The summed E-state index contributed by atoms with van der Waals surface area (Å²) in [5.41, 5.74) is 0.430. The van der Waals surface area contributed by atoms with Gasteiger partial charge >= 0.3 is 5.97 Å². The van der Waals surface area contributed by atoms with Gasteiger partial charge in [0, 0.05) is 17.2 Å². The van der Waals surface area contributed by atoms with Gasteiger partial charge in [0.1, 0.15) is 6.61 Å². The van der Waals surface area contributed by atoms with Crippen molar-refractivity contribution in [2.45, 2.75) is 6.61 Å². The number of hydrogen-bond acceptors (Lipinski definition) is 4. The van der Waals surface area contributed by atoms with E-state index in [0.29, 0.717) is 10.6 Å². The first-order valence-electron chi connectivity index (χ1n) is 5.83. The first-order valence-corrected chi connectivity index (χ1v) is 6.58. The van der Waals surface area contributed by atoms with Gasteiger partial charge in [0.15, 0.2) is 0 Å². The van der Waals surface area contributed by atoms with Crippen molar-refractivity contribution in [2.75, 3.05) is 0 Å². The van der Waals surface area contributed by atoms with Crippen molar-refractivity contribution in [1.82, 2.24) is 0 Å². The molecule has 0 fully saturated rings. The lowest BCUT2D eigenvalue weighted by Crippen LogP contribution is -2.06. The van der Waals surface area contributed by atoms with Crippen LogP contribution in [0.25, 0.3) is 0 Å². The highest BCUT2D eigenvalue weighted by atomic mass is 35.5. The summed E-state index contributed by atoms with van der Waals surface area (Å²) in [7, 11) is 0. The largest absolute Gasteiger partial charge is 0.457 e. The molecular formula is C14H9Cl2NO4.